The number of unbranched alkanes of at least 4 members (excludes halogenated alkanes) is 3. The average molecular weight is 395 g/mol. The average Bonchev–Trinajstić information content (AvgIpc) is 2.64. The van der Waals surface area contributed by atoms with Crippen molar-refractivity contribution in [1.82, 2.24) is 10.2 Å². The molecule has 0 saturated carbocycles. The second kappa shape index (κ2) is 11.0. The van der Waals surface area contributed by atoms with Crippen LogP contribution in [0.15, 0.2) is 36.4 Å². The van der Waals surface area contributed by atoms with Gasteiger partial charge in [0.1, 0.15) is 5.69 Å². The SMILES string of the molecule is CCCCCCC(C)SOC(=O)Oc1cc(Cl)nnc1-c1ccccc1. The molecule has 0 amide bonds. The maximum Gasteiger partial charge on any atom is 0.526 e. The van der Waals surface area contributed by atoms with Crippen molar-refractivity contribution in [1.29, 1.82) is 0 Å². The van der Waals surface area contributed by atoms with Gasteiger partial charge in [-0.05, 0) is 6.42 Å². The van der Waals surface area contributed by atoms with Crippen molar-refractivity contribution in [2.24, 2.45) is 0 Å². The van der Waals surface area contributed by atoms with Gasteiger partial charge in [0.2, 0.25) is 0 Å². The number of benzene rings is 1. The summed E-state index contributed by atoms with van der Waals surface area (Å²) >= 11 is 7.01. The Hall–Kier alpha value is -1.79. The van der Waals surface area contributed by atoms with E-state index >= 15 is 0 Å². The Morgan fingerprint density at radius 1 is 1.19 bits per heavy atom. The second-order valence-electron chi connectivity index (χ2n) is 5.94. The molecule has 26 heavy (non-hydrogen) atoms. The first-order valence-electron chi connectivity index (χ1n) is 8.74. The van der Waals surface area contributed by atoms with Gasteiger partial charge in [-0.3, -0.25) is 0 Å². The number of aromatic nitrogens is 2. The highest BCUT2D eigenvalue weighted by Crippen LogP contribution is 2.30. The summed E-state index contributed by atoms with van der Waals surface area (Å²) in [5.41, 5.74) is 1.21. The lowest BCUT2D eigenvalue weighted by Gasteiger charge is -2.11. The van der Waals surface area contributed by atoms with E-state index in [1.807, 2.05) is 37.3 Å². The monoisotopic (exact) mass is 394 g/mol. The standard InChI is InChI=1S/C19H23ClN2O3S/c1-3-4-5-7-10-14(2)26-25-19(23)24-16-13-17(20)21-22-18(16)15-11-8-6-9-12-15/h6,8-9,11-14H,3-5,7,10H2,1-2H3. The molecule has 1 aromatic heterocycles. The molecule has 0 saturated heterocycles. The van der Waals surface area contributed by atoms with Crippen LogP contribution in [0.2, 0.25) is 5.15 Å². The van der Waals surface area contributed by atoms with Crippen molar-refractivity contribution in [2.75, 3.05) is 0 Å². The minimum atomic E-state index is -0.795. The van der Waals surface area contributed by atoms with Crippen LogP contribution in [0.3, 0.4) is 0 Å². The third-order valence-electron chi connectivity index (χ3n) is 3.71. The Morgan fingerprint density at radius 3 is 2.69 bits per heavy atom. The molecule has 1 unspecified atom stereocenters. The van der Waals surface area contributed by atoms with Gasteiger partial charge in [-0.1, -0.05) is 81.5 Å². The lowest BCUT2D eigenvalue weighted by atomic mass is 10.1. The van der Waals surface area contributed by atoms with Gasteiger partial charge in [0.25, 0.3) is 0 Å². The molecule has 0 aliphatic heterocycles. The van der Waals surface area contributed by atoms with Crippen LogP contribution in [-0.2, 0) is 4.18 Å². The molecule has 5 nitrogen and oxygen atoms in total. The van der Waals surface area contributed by atoms with Crippen LogP contribution in [0, 0.1) is 0 Å². The summed E-state index contributed by atoms with van der Waals surface area (Å²) in [6.45, 7) is 4.21. The summed E-state index contributed by atoms with van der Waals surface area (Å²) in [6, 6.07) is 10.8. The largest absolute Gasteiger partial charge is 0.526 e. The van der Waals surface area contributed by atoms with Crippen LogP contribution in [-0.4, -0.2) is 21.6 Å². The fourth-order valence-electron chi connectivity index (χ4n) is 2.36. The van der Waals surface area contributed by atoms with Gasteiger partial charge in [-0.25, -0.2) is 4.79 Å². The van der Waals surface area contributed by atoms with Crippen molar-refractivity contribution in [3.63, 3.8) is 0 Å². The molecular weight excluding hydrogens is 372 g/mol. The normalized spacial score (nSPS) is 11.8. The van der Waals surface area contributed by atoms with E-state index in [1.165, 1.54) is 25.3 Å². The smallest absolute Gasteiger partial charge is 0.392 e. The zero-order chi connectivity index (χ0) is 18.8. The number of hydrogen-bond donors (Lipinski definition) is 0. The number of halogens is 1. The molecule has 0 radical (unpaired) electrons. The molecule has 0 spiro atoms. The van der Waals surface area contributed by atoms with Gasteiger partial charge < -0.3 is 8.92 Å². The van der Waals surface area contributed by atoms with Gasteiger partial charge in [0.15, 0.2) is 10.9 Å². The molecule has 0 fully saturated rings. The summed E-state index contributed by atoms with van der Waals surface area (Å²) in [6.07, 6.45) is 4.97. The van der Waals surface area contributed by atoms with Crippen LogP contribution in [0.4, 0.5) is 4.79 Å². The first kappa shape index (κ1) is 20.5. The van der Waals surface area contributed by atoms with Gasteiger partial charge in [0.05, 0.1) is 12.0 Å². The van der Waals surface area contributed by atoms with E-state index in [1.54, 1.807) is 0 Å². The van der Waals surface area contributed by atoms with Gasteiger partial charge in [-0.15, -0.1) is 10.2 Å². The van der Waals surface area contributed by atoms with E-state index in [9.17, 15) is 4.79 Å². The third-order valence-corrected chi connectivity index (χ3v) is 4.70. The molecule has 0 bridgehead atoms. The molecule has 0 N–H and O–H groups in total. The molecule has 7 heteroatoms. The van der Waals surface area contributed by atoms with Crippen LogP contribution in [0.5, 0.6) is 5.75 Å². The van der Waals surface area contributed by atoms with E-state index < -0.39 is 6.16 Å². The maximum atomic E-state index is 12.0. The minimum absolute atomic E-state index is 0.143. The molecule has 0 aliphatic rings. The molecular formula is C19H23ClN2O3S. The number of carbonyl (C=O) groups excluding carboxylic acids is 1. The first-order valence-corrected chi connectivity index (χ1v) is 9.92. The number of carbonyl (C=O) groups is 1. The molecule has 140 valence electrons. The van der Waals surface area contributed by atoms with Crippen LogP contribution >= 0.6 is 23.6 Å². The highest BCUT2D eigenvalue weighted by atomic mass is 35.5. The van der Waals surface area contributed by atoms with Crippen molar-refractivity contribution < 1.29 is 13.7 Å². The first-order chi connectivity index (χ1) is 12.6. The van der Waals surface area contributed by atoms with E-state index in [4.69, 9.17) is 20.5 Å². The number of nitrogens with zero attached hydrogens (tertiary/aromatic N) is 2. The lowest BCUT2D eigenvalue weighted by molar-refractivity contribution is 0.160. The molecule has 2 rings (SSSR count). The minimum Gasteiger partial charge on any atom is -0.392 e. The molecule has 1 atom stereocenters. The van der Waals surface area contributed by atoms with Crippen LogP contribution < -0.4 is 4.74 Å². The van der Waals surface area contributed by atoms with Crippen molar-refractivity contribution >= 4 is 29.8 Å². The zero-order valence-corrected chi connectivity index (χ0v) is 16.6. The zero-order valence-electron chi connectivity index (χ0n) is 15.0. The summed E-state index contributed by atoms with van der Waals surface area (Å²) in [5.74, 6) is 0.220. The Morgan fingerprint density at radius 2 is 1.96 bits per heavy atom. The Kier molecular flexibility index (Phi) is 8.71. The second-order valence-corrected chi connectivity index (χ2v) is 7.49. The Labute approximate surface area is 163 Å². The lowest BCUT2D eigenvalue weighted by Crippen LogP contribution is -2.10. The van der Waals surface area contributed by atoms with E-state index in [-0.39, 0.29) is 16.2 Å². The quantitative estimate of drug-likeness (QED) is 0.281. The molecule has 1 heterocycles. The molecule has 0 aliphatic carbocycles. The third kappa shape index (κ3) is 6.84. The summed E-state index contributed by atoms with van der Waals surface area (Å²) in [4.78, 5) is 12.0. The highest BCUT2D eigenvalue weighted by molar-refractivity contribution is 7.95. The maximum absolute atomic E-state index is 12.0. The highest BCUT2D eigenvalue weighted by Gasteiger charge is 2.16. The molecule has 2 aromatic rings. The summed E-state index contributed by atoms with van der Waals surface area (Å²) in [7, 11) is 0. The van der Waals surface area contributed by atoms with Gasteiger partial charge in [0, 0.05) is 16.9 Å². The van der Waals surface area contributed by atoms with E-state index in [0.29, 0.717) is 5.69 Å². The van der Waals surface area contributed by atoms with E-state index in [2.05, 4.69) is 17.1 Å². The Balaban J connectivity index is 1.91. The Bertz CT molecular complexity index is 700. The predicted molar refractivity (Wildman–Crippen MR) is 105 cm³/mol. The van der Waals surface area contributed by atoms with Crippen LogP contribution in [0.1, 0.15) is 46.0 Å². The fraction of sp³-hybridized carbons (Fsp3) is 0.421. The number of rotatable bonds is 9. The fourth-order valence-corrected chi connectivity index (χ4v) is 3.04. The predicted octanol–water partition coefficient (Wildman–Crippen LogP) is 6.32. The summed E-state index contributed by atoms with van der Waals surface area (Å²) < 4.78 is 10.5. The summed E-state index contributed by atoms with van der Waals surface area (Å²) in [5, 5.41) is 8.22. The van der Waals surface area contributed by atoms with Crippen molar-refractivity contribution in [2.45, 2.75) is 51.2 Å². The number of hydrogen-bond acceptors (Lipinski definition) is 6. The van der Waals surface area contributed by atoms with Gasteiger partial charge >= 0.3 is 6.16 Å². The topological polar surface area (TPSA) is 61.3 Å². The van der Waals surface area contributed by atoms with Gasteiger partial charge in [-0.2, -0.15) is 0 Å². The number of ether oxygens (including phenoxy) is 1. The van der Waals surface area contributed by atoms with Crippen LogP contribution in [0.25, 0.3) is 11.3 Å². The molecule has 1 aromatic carbocycles. The van der Waals surface area contributed by atoms with Crippen molar-refractivity contribution in [3.8, 4) is 17.0 Å². The van der Waals surface area contributed by atoms with E-state index in [0.717, 1.165) is 30.4 Å². The van der Waals surface area contributed by atoms with Crippen molar-refractivity contribution in [3.05, 3.63) is 41.6 Å².